The van der Waals surface area contributed by atoms with Crippen LogP contribution in [0.25, 0.3) is 5.82 Å². The number of hydrogen-bond acceptors (Lipinski definition) is 5. The van der Waals surface area contributed by atoms with Crippen LogP contribution < -0.4 is 0 Å². The Morgan fingerprint density at radius 2 is 2.23 bits per heavy atom. The van der Waals surface area contributed by atoms with Crippen molar-refractivity contribution in [1.29, 1.82) is 0 Å². The first-order valence-electron chi connectivity index (χ1n) is 8.48. The van der Waals surface area contributed by atoms with Crippen LogP contribution in [0.2, 0.25) is 0 Å². The van der Waals surface area contributed by atoms with Crippen LogP contribution in [0.5, 0.6) is 0 Å². The van der Waals surface area contributed by atoms with Crippen LogP contribution in [0.15, 0.2) is 43.0 Å². The van der Waals surface area contributed by atoms with Crippen molar-refractivity contribution in [3.05, 3.63) is 60.1 Å². The topological polar surface area (TPSA) is 78.1 Å². The van der Waals surface area contributed by atoms with Gasteiger partial charge in [0.05, 0.1) is 24.4 Å². The van der Waals surface area contributed by atoms with Gasteiger partial charge in [-0.1, -0.05) is 0 Å². The Kier molecular flexibility index (Phi) is 4.26. The predicted molar refractivity (Wildman–Crippen MR) is 93.9 cm³/mol. The highest BCUT2D eigenvalue weighted by molar-refractivity contribution is 5.94. The molecule has 0 unspecified atom stereocenters. The third kappa shape index (κ3) is 3.11. The molecule has 0 aromatic carbocycles. The molecule has 0 spiro atoms. The summed E-state index contributed by atoms with van der Waals surface area (Å²) >= 11 is 0. The Morgan fingerprint density at radius 1 is 1.35 bits per heavy atom. The standard InChI is InChI=1S/C18H20N6O2/c1-13-11-22(2)17(21-13)15-12-23(8-9-26-15)18(25)14-4-5-16(19-10-14)24-7-3-6-20-24/h3-7,10-11,15H,8-9,12H2,1-2H3/t15-/m0/s1. The number of hydrogen-bond donors (Lipinski definition) is 0. The Bertz CT molecular complexity index is 900. The summed E-state index contributed by atoms with van der Waals surface area (Å²) in [5.41, 5.74) is 1.49. The molecule has 0 radical (unpaired) electrons. The molecule has 1 aliphatic rings. The molecule has 0 saturated carbocycles. The first-order valence-corrected chi connectivity index (χ1v) is 8.48. The number of nitrogens with zero attached hydrogens (tertiary/aromatic N) is 6. The Morgan fingerprint density at radius 3 is 2.88 bits per heavy atom. The predicted octanol–water partition coefficient (Wildman–Crippen LogP) is 1.52. The first kappa shape index (κ1) is 16.5. The number of aryl methyl sites for hydroxylation is 2. The van der Waals surface area contributed by atoms with Gasteiger partial charge in [-0.2, -0.15) is 5.10 Å². The molecule has 3 aromatic rings. The van der Waals surface area contributed by atoms with Crippen molar-refractivity contribution >= 4 is 5.91 Å². The fourth-order valence-electron chi connectivity index (χ4n) is 3.16. The lowest BCUT2D eigenvalue weighted by molar-refractivity contribution is -0.0279. The number of pyridine rings is 1. The second-order valence-electron chi connectivity index (χ2n) is 6.32. The molecule has 134 valence electrons. The van der Waals surface area contributed by atoms with Gasteiger partial charge >= 0.3 is 0 Å². The van der Waals surface area contributed by atoms with Gasteiger partial charge in [0, 0.05) is 38.4 Å². The molecule has 0 bridgehead atoms. The number of morpholine rings is 1. The summed E-state index contributed by atoms with van der Waals surface area (Å²) in [6.07, 6.45) is 6.83. The summed E-state index contributed by atoms with van der Waals surface area (Å²) in [7, 11) is 1.94. The van der Waals surface area contributed by atoms with E-state index in [4.69, 9.17) is 4.74 Å². The highest BCUT2D eigenvalue weighted by Crippen LogP contribution is 2.22. The molecule has 8 nitrogen and oxygen atoms in total. The lowest BCUT2D eigenvalue weighted by atomic mass is 10.2. The minimum Gasteiger partial charge on any atom is -0.367 e. The molecule has 8 heteroatoms. The van der Waals surface area contributed by atoms with Crippen LogP contribution in [0, 0.1) is 6.92 Å². The first-order chi connectivity index (χ1) is 12.6. The van der Waals surface area contributed by atoms with E-state index in [0.29, 0.717) is 31.1 Å². The molecule has 4 heterocycles. The number of rotatable bonds is 3. The zero-order valence-electron chi connectivity index (χ0n) is 14.7. The third-order valence-corrected chi connectivity index (χ3v) is 4.41. The van der Waals surface area contributed by atoms with Crippen molar-refractivity contribution in [2.24, 2.45) is 7.05 Å². The van der Waals surface area contributed by atoms with Crippen LogP contribution in [-0.4, -0.2) is 54.8 Å². The van der Waals surface area contributed by atoms with Gasteiger partial charge in [-0.3, -0.25) is 4.79 Å². The average molecular weight is 352 g/mol. The van der Waals surface area contributed by atoms with Gasteiger partial charge < -0.3 is 14.2 Å². The van der Waals surface area contributed by atoms with Crippen LogP contribution in [0.1, 0.15) is 28.0 Å². The van der Waals surface area contributed by atoms with E-state index < -0.39 is 0 Å². The number of amides is 1. The van der Waals surface area contributed by atoms with E-state index >= 15 is 0 Å². The number of ether oxygens (including phenoxy) is 1. The van der Waals surface area contributed by atoms with Crippen LogP contribution in [0.4, 0.5) is 0 Å². The van der Waals surface area contributed by atoms with Crippen LogP contribution in [-0.2, 0) is 11.8 Å². The normalized spacial score (nSPS) is 17.5. The lowest BCUT2D eigenvalue weighted by Gasteiger charge is -2.32. The molecule has 1 aliphatic heterocycles. The highest BCUT2D eigenvalue weighted by atomic mass is 16.5. The molecule has 1 saturated heterocycles. The maximum atomic E-state index is 12.8. The minimum absolute atomic E-state index is 0.0521. The SMILES string of the molecule is Cc1cn(C)c([C@@H]2CN(C(=O)c3ccc(-n4cccn4)nc3)CCO2)n1. The van der Waals surface area contributed by atoms with Gasteiger partial charge in [0.15, 0.2) is 5.82 Å². The number of aromatic nitrogens is 5. The van der Waals surface area contributed by atoms with E-state index in [1.54, 1.807) is 34.1 Å². The largest absolute Gasteiger partial charge is 0.367 e. The maximum Gasteiger partial charge on any atom is 0.255 e. The van der Waals surface area contributed by atoms with Crippen molar-refractivity contribution in [2.75, 3.05) is 19.7 Å². The van der Waals surface area contributed by atoms with E-state index in [1.807, 2.05) is 37.0 Å². The van der Waals surface area contributed by atoms with E-state index in [2.05, 4.69) is 15.1 Å². The van der Waals surface area contributed by atoms with E-state index in [1.165, 1.54) is 0 Å². The Hall–Kier alpha value is -3.00. The van der Waals surface area contributed by atoms with Crippen molar-refractivity contribution < 1.29 is 9.53 Å². The molecule has 1 atom stereocenters. The summed E-state index contributed by atoms with van der Waals surface area (Å²) in [6, 6.07) is 5.40. The zero-order chi connectivity index (χ0) is 18.1. The molecule has 3 aromatic heterocycles. The second-order valence-corrected chi connectivity index (χ2v) is 6.32. The summed E-state index contributed by atoms with van der Waals surface area (Å²) in [5, 5.41) is 4.14. The van der Waals surface area contributed by atoms with Crippen molar-refractivity contribution in [2.45, 2.75) is 13.0 Å². The van der Waals surface area contributed by atoms with Gasteiger partial charge in [-0.05, 0) is 25.1 Å². The molecular formula is C18H20N6O2. The average Bonchev–Trinajstić information content (AvgIpc) is 3.31. The van der Waals surface area contributed by atoms with Gasteiger partial charge in [0.25, 0.3) is 5.91 Å². The quantitative estimate of drug-likeness (QED) is 0.714. The van der Waals surface area contributed by atoms with Gasteiger partial charge in [-0.15, -0.1) is 0 Å². The lowest BCUT2D eigenvalue weighted by Crippen LogP contribution is -2.42. The van der Waals surface area contributed by atoms with Gasteiger partial charge in [-0.25, -0.2) is 14.6 Å². The highest BCUT2D eigenvalue weighted by Gasteiger charge is 2.28. The second kappa shape index (κ2) is 6.72. The van der Waals surface area contributed by atoms with E-state index in [9.17, 15) is 4.79 Å². The van der Waals surface area contributed by atoms with Crippen LogP contribution >= 0.6 is 0 Å². The van der Waals surface area contributed by atoms with Crippen LogP contribution in [0.3, 0.4) is 0 Å². The molecule has 1 amide bonds. The monoisotopic (exact) mass is 352 g/mol. The summed E-state index contributed by atoms with van der Waals surface area (Å²) < 4.78 is 9.45. The molecule has 0 N–H and O–H groups in total. The van der Waals surface area contributed by atoms with Gasteiger partial charge in [0.2, 0.25) is 0 Å². The molecule has 4 rings (SSSR count). The zero-order valence-corrected chi connectivity index (χ0v) is 14.7. The Labute approximate surface area is 151 Å². The van der Waals surface area contributed by atoms with Crippen molar-refractivity contribution in [3.63, 3.8) is 0 Å². The molecule has 1 fully saturated rings. The van der Waals surface area contributed by atoms with Crippen molar-refractivity contribution in [1.82, 2.24) is 29.2 Å². The summed E-state index contributed by atoms with van der Waals surface area (Å²) in [6.45, 7) is 3.47. The summed E-state index contributed by atoms with van der Waals surface area (Å²) in [4.78, 5) is 23.5. The third-order valence-electron chi connectivity index (χ3n) is 4.41. The molecule has 0 aliphatic carbocycles. The summed E-state index contributed by atoms with van der Waals surface area (Å²) in [5.74, 6) is 1.46. The number of imidazole rings is 1. The number of carbonyl (C=O) groups excluding carboxylic acids is 1. The Balaban J connectivity index is 1.50. The molecule has 26 heavy (non-hydrogen) atoms. The van der Waals surface area contributed by atoms with E-state index in [-0.39, 0.29) is 12.0 Å². The number of carbonyl (C=O) groups is 1. The van der Waals surface area contributed by atoms with Crippen molar-refractivity contribution in [3.8, 4) is 5.82 Å². The maximum absolute atomic E-state index is 12.8. The smallest absolute Gasteiger partial charge is 0.255 e. The fraction of sp³-hybridized carbons (Fsp3) is 0.333. The van der Waals surface area contributed by atoms with E-state index in [0.717, 1.165) is 11.5 Å². The van der Waals surface area contributed by atoms with Gasteiger partial charge in [0.1, 0.15) is 11.9 Å². The molecular weight excluding hydrogens is 332 g/mol. The fourth-order valence-corrected chi connectivity index (χ4v) is 3.16. The minimum atomic E-state index is -0.220.